The molecule has 104 valence electrons. The van der Waals surface area contributed by atoms with Crippen molar-refractivity contribution in [2.75, 3.05) is 0 Å². The van der Waals surface area contributed by atoms with Gasteiger partial charge in [-0.25, -0.2) is 4.98 Å². The minimum atomic E-state index is 0.288. The molecule has 1 aromatic heterocycles. The third kappa shape index (κ3) is 3.01. The zero-order valence-corrected chi connectivity index (χ0v) is 12.1. The summed E-state index contributed by atoms with van der Waals surface area (Å²) in [6, 6.07) is 19.7. The quantitative estimate of drug-likeness (QED) is 0.749. The zero-order valence-electron chi connectivity index (χ0n) is 11.3. The highest BCUT2D eigenvalue weighted by atomic mass is 32.1. The number of nitrogens with two attached hydrogens (primary N) is 1. The van der Waals surface area contributed by atoms with Gasteiger partial charge in [0.1, 0.15) is 11.6 Å². The van der Waals surface area contributed by atoms with Crippen LogP contribution in [0.15, 0.2) is 60.7 Å². The van der Waals surface area contributed by atoms with E-state index in [9.17, 15) is 0 Å². The molecular formula is C17H14N2OS. The van der Waals surface area contributed by atoms with E-state index in [0.29, 0.717) is 18.1 Å². The van der Waals surface area contributed by atoms with Gasteiger partial charge in [0.05, 0.1) is 11.1 Å². The van der Waals surface area contributed by atoms with Crippen LogP contribution in [0.2, 0.25) is 0 Å². The van der Waals surface area contributed by atoms with Gasteiger partial charge in [-0.15, -0.1) is 0 Å². The van der Waals surface area contributed by atoms with Gasteiger partial charge in [-0.05, 0) is 17.7 Å². The van der Waals surface area contributed by atoms with Gasteiger partial charge in [0.15, 0.2) is 0 Å². The number of hydrogen-bond donors (Lipinski definition) is 1. The van der Waals surface area contributed by atoms with Gasteiger partial charge in [0.25, 0.3) is 0 Å². The van der Waals surface area contributed by atoms with Crippen LogP contribution in [0.1, 0.15) is 11.1 Å². The van der Waals surface area contributed by atoms with E-state index in [0.717, 1.165) is 16.5 Å². The molecule has 0 aliphatic carbocycles. The van der Waals surface area contributed by atoms with Crippen LogP contribution in [0, 0.1) is 0 Å². The maximum absolute atomic E-state index is 5.81. The fourth-order valence-corrected chi connectivity index (χ4v) is 2.26. The molecular weight excluding hydrogens is 280 g/mol. The predicted octanol–water partition coefficient (Wildman–Crippen LogP) is 3.45. The molecule has 0 radical (unpaired) electrons. The number of benzene rings is 2. The molecule has 1 heterocycles. The van der Waals surface area contributed by atoms with E-state index in [1.54, 1.807) is 0 Å². The molecule has 3 rings (SSSR count). The van der Waals surface area contributed by atoms with Crippen molar-refractivity contribution in [3.05, 3.63) is 71.8 Å². The summed E-state index contributed by atoms with van der Waals surface area (Å²) < 4.78 is 5.81. The summed E-state index contributed by atoms with van der Waals surface area (Å²) >= 11 is 5.10. The average molecular weight is 294 g/mol. The van der Waals surface area contributed by atoms with Gasteiger partial charge in [0, 0.05) is 5.39 Å². The Hall–Kier alpha value is -2.46. The Kier molecular flexibility index (Phi) is 3.79. The maximum atomic E-state index is 5.81. The van der Waals surface area contributed by atoms with Gasteiger partial charge in [0.2, 0.25) is 5.88 Å². The summed E-state index contributed by atoms with van der Waals surface area (Å²) in [5, 5.41) is 0.993. The van der Waals surface area contributed by atoms with E-state index in [1.165, 1.54) is 0 Å². The lowest BCUT2D eigenvalue weighted by atomic mass is 10.1. The molecule has 0 atom stereocenters. The highest BCUT2D eigenvalue weighted by molar-refractivity contribution is 7.80. The smallest absolute Gasteiger partial charge is 0.224 e. The highest BCUT2D eigenvalue weighted by Crippen LogP contribution is 2.23. The van der Waals surface area contributed by atoms with Crippen LogP contribution in [0.25, 0.3) is 10.9 Å². The Balaban J connectivity index is 1.96. The molecule has 0 fully saturated rings. The number of hydrogen-bond acceptors (Lipinski definition) is 3. The molecule has 4 heteroatoms. The first kappa shape index (κ1) is 13.5. The molecule has 0 saturated carbocycles. The SMILES string of the molecule is NC(=S)c1cc2ccccc2nc1OCc1ccccc1. The first-order valence-corrected chi connectivity index (χ1v) is 7.01. The van der Waals surface area contributed by atoms with E-state index in [-0.39, 0.29) is 4.99 Å². The molecule has 0 amide bonds. The third-order valence-electron chi connectivity index (χ3n) is 3.17. The fourth-order valence-electron chi connectivity index (χ4n) is 2.11. The van der Waals surface area contributed by atoms with Crippen LogP contribution < -0.4 is 10.5 Å². The maximum Gasteiger partial charge on any atom is 0.224 e. The van der Waals surface area contributed by atoms with E-state index < -0.39 is 0 Å². The lowest BCUT2D eigenvalue weighted by Gasteiger charge is -2.11. The highest BCUT2D eigenvalue weighted by Gasteiger charge is 2.10. The topological polar surface area (TPSA) is 48.1 Å². The summed E-state index contributed by atoms with van der Waals surface area (Å²) in [5.74, 6) is 0.477. The number of fused-ring (bicyclic) bond motifs is 1. The van der Waals surface area contributed by atoms with Crippen LogP contribution in [0.5, 0.6) is 5.88 Å². The van der Waals surface area contributed by atoms with Gasteiger partial charge in [-0.3, -0.25) is 0 Å². The van der Waals surface area contributed by atoms with Gasteiger partial charge < -0.3 is 10.5 Å². The second-order valence-electron chi connectivity index (χ2n) is 4.67. The summed E-state index contributed by atoms with van der Waals surface area (Å²) in [6.45, 7) is 0.432. The van der Waals surface area contributed by atoms with Crippen molar-refractivity contribution in [1.82, 2.24) is 4.98 Å². The molecule has 0 bridgehead atoms. The second-order valence-corrected chi connectivity index (χ2v) is 5.11. The summed E-state index contributed by atoms with van der Waals surface area (Å²) in [4.78, 5) is 4.81. The van der Waals surface area contributed by atoms with Crippen molar-refractivity contribution >= 4 is 28.1 Å². The number of thiocarbonyl (C=S) groups is 1. The minimum Gasteiger partial charge on any atom is -0.472 e. The van der Waals surface area contributed by atoms with Crippen molar-refractivity contribution in [2.45, 2.75) is 6.61 Å². The van der Waals surface area contributed by atoms with E-state index in [1.807, 2.05) is 60.7 Å². The van der Waals surface area contributed by atoms with E-state index >= 15 is 0 Å². The van der Waals surface area contributed by atoms with Crippen molar-refractivity contribution in [2.24, 2.45) is 5.73 Å². The summed E-state index contributed by atoms with van der Waals surface area (Å²) in [5.41, 5.74) is 8.38. The molecule has 3 aromatic rings. The van der Waals surface area contributed by atoms with Crippen LogP contribution >= 0.6 is 12.2 Å². The lowest BCUT2D eigenvalue weighted by Crippen LogP contribution is -2.13. The Labute approximate surface area is 128 Å². The number of aromatic nitrogens is 1. The van der Waals surface area contributed by atoms with Gasteiger partial charge in [-0.1, -0.05) is 60.7 Å². The molecule has 0 saturated heterocycles. The molecule has 0 unspecified atom stereocenters. The Morgan fingerprint density at radius 1 is 1.05 bits per heavy atom. The van der Waals surface area contributed by atoms with E-state index in [4.69, 9.17) is 22.7 Å². The molecule has 0 spiro atoms. The molecule has 0 aliphatic rings. The predicted molar refractivity (Wildman–Crippen MR) is 88.4 cm³/mol. The average Bonchev–Trinajstić information content (AvgIpc) is 2.53. The Morgan fingerprint density at radius 2 is 1.76 bits per heavy atom. The van der Waals surface area contributed by atoms with Crippen LogP contribution in [-0.2, 0) is 6.61 Å². The largest absolute Gasteiger partial charge is 0.472 e. The van der Waals surface area contributed by atoms with Crippen molar-refractivity contribution < 1.29 is 4.74 Å². The third-order valence-corrected chi connectivity index (χ3v) is 3.39. The van der Waals surface area contributed by atoms with Crippen LogP contribution in [0.4, 0.5) is 0 Å². The van der Waals surface area contributed by atoms with Crippen molar-refractivity contribution in [3.63, 3.8) is 0 Å². The Bertz CT molecular complexity index is 787. The van der Waals surface area contributed by atoms with Crippen molar-refractivity contribution in [1.29, 1.82) is 0 Å². The van der Waals surface area contributed by atoms with Crippen LogP contribution in [0.3, 0.4) is 0 Å². The zero-order chi connectivity index (χ0) is 14.7. The minimum absolute atomic E-state index is 0.288. The first-order valence-electron chi connectivity index (χ1n) is 6.60. The molecule has 21 heavy (non-hydrogen) atoms. The van der Waals surface area contributed by atoms with Crippen LogP contribution in [-0.4, -0.2) is 9.97 Å². The van der Waals surface area contributed by atoms with Gasteiger partial charge >= 0.3 is 0 Å². The standard InChI is InChI=1S/C17H14N2OS/c18-16(21)14-10-13-8-4-5-9-15(13)19-17(14)20-11-12-6-2-1-3-7-12/h1-10H,11H2,(H2,18,21). The molecule has 2 aromatic carbocycles. The number of ether oxygens (including phenoxy) is 1. The van der Waals surface area contributed by atoms with Crippen molar-refractivity contribution in [3.8, 4) is 5.88 Å². The molecule has 3 nitrogen and oxygen atoms in total. The fraction of sp³-hybridized carbons (Fsp3) is 0.0588. The molecule has 2 N–H and O–H groups in total. The molecule has 0 aliphatic heterocycles. The number of para-hydroxylation sites is 1. The number of rotatable bonds is 4. The Morgan fingerprint density at radius 3 is 2.52 bits per heavy atom. The van der Waals surface area contributed by atoms with E-state index in [2.05, 4.69) is 4.98 Å². The first-order chi connectivity index (χ1) is 10.2. The van der Waals surface area contributed by atoms with Gasteiger partial charge in [-0.2, -0.15) is 0 Å². The lowest BCUT2D eigenvalue weighted by molar-refractivity contribution is 0.294. The number of nitrogens with zero attached hydrogens (tertiary/aromatic N) is 1. The summed E-state index contributed by atoms with van der Waals surface area (Å²) in [7, 11) is 0. The second kappa shape index (κ2) is 5.89. The monoisotopic (exact) mass is 294 g/mol. The summed E-state index contributed by atoms with van der Waals surface area (Å²) in [6.07, 6.45) is 0. The number of pyridine rings is 1. The normalized spacial score (nSPS) is 10.5.